The number of carbonyl (C=O) groups is 1. The Kier molecular flexibility index (Phi) is 5.24. The normalized spacial score (nSPS) is 31.8. The molecule has 0 saturated heterocycles. The maximum Gasteiger partial charge on any atom is 0.316 e. The highest BCUT2D eigenvalue weighted by Gasteiger charge is 2.61. The third-order valence-electron chi connectivity index (χ3n) is 10.9. The van der Waals surface area contributed by atoms with Gasteiger partial charge in [0.2, 0.25) is 17.7 Å². The van der Waals surface area contributed by atoms with Crippen molar-refractivity contribution < 1.29 is 18.3 Å². The molecular weight excluding hydrogens is 509 g/mol. The molecule has 2 aromatic heterocycles. The van der Waals surface area contributed by atoms with E-state index in [9.17, 15) is 4.79 Å². The maximum absolute atomic E-state index is 16.3. The number of nitrogens with one attached hydrogen (secondary N) is 1. The van der Waals surface area contributed by atoms with Gasteiger partial charge in [-0.3, -0.25) is 4.79 Å². The Morgan fingerprint density at radius 2 is 1.75 bits per heavy atom. The van der Waals surface area contributed by atoms with E-state index in [0.29, 0.717) is 23.0 Å². The first-order chi connectivity index (χ1) is 19.4. The molecule has 0 unspecified atom stereocenters. The Labute approximate surface area is 232 Å². The lowest BCUT2D eigenvalue weighted by Crippen LogP contribution is -2.58. The molecule has 4 bridgehead atoms. The molecule has 7 aliphatic carbocycles. The molecule has 0 spiro atoms. The molecule has 7 fully saturated rings. The molecule has 7 aliphatic rings. The highest BCUT2D eigenvalue weighted by Crippen LogP contribution is 2.65. The maximum atomic E-state index is 16.3. The average Bonchev–Trinajstić information content (AvgIpc) is 3.65. The summed E-state index contributed by atoms with van der Waals surface area (Å²) in [4.78, 5) is 21.5. The Morgan fingerprint density at radius 1 is 1.05 bits per heavy atom. The lowest BCUT2D eigenvalue weighted by Gasteiger charge is -2.60. The molecule has 2 heterocycles. The zero-order valence-electron chi connectivity index (χ0n) is 22.8. The van der Waals surface area contributed by atoms with Crippen LogP contribution in [0.25, 0.3) is 11.1 Å². The van der Waals surface area contributed by atoms with Crippen molar-refractivity contribution in [1.29, 1.82) is 0 Å². The molecule has 208 valence electrons. The Balaban J connectivity index is 1.08. The number of anilines is 1. The molecule has 0 aliphatic heterocycles. The predicted octanol–water partition coefficient (Wildman–Crippen LogP) is 6.13. The molecule has 40 heavy (non-hydrogen) atoms. The van der Waals surface area contributed by atoms with E-state index in [-0.39, 0.29) is 33.9 Å². The Bertz CT molecular complexity index is 1460. The topological polar surface area (TPSA) is 103 Å². The van der Waals surface area contributed by atoms with Crippen LogP contribution in [0.5, 0.6) is 6.01 Å². The second-order valence-corrected chi connectivity index (χ2v) is 13.3. The van der Waals surface area contributed by atoms with Crippen molar-refractivity contribution in [1.82, 2.24) is 20.2 Å². The minimum Gasteiger partial charge on any atom is -0.467 e. The fourth-order valence-electron chi connectivity index (χ4n) is 7.93. The van der Waals surface area contributed by atoms with Crippen LogP contribution in [0.4, 0.5) is 10.1 Å². The van der Waals surface area contributed by atoms with Gasteiger partial charge in [-0.25, -0.2) is 14.4 Å². The zero-order valence-corrected chi connectivity index (χ0v) is 22.8. The summed E-state index contributed by atoms with van der Waals surface area (Å²) in [6.07, 6.45) is 15.2. The first-order valence-electron chi connectivity index (χ1n) is 14.7. The summed E-state index contributed by atoms with van der Waals surface area (Å²) in [5.41, 5.74) is 2.01. The van der Waals surface area contributed by atoms with E-state index in [1.165, 1.54) is 7.11 Å². The number of hydrogen-bond acceptors (Lipinski definition) is 7. The summed E-state index contributed by atoms with van der Waals surface area (Å²) in [7, 11) is 1.51. The van der Waals surface area contributed by atoms with Gasteiger partial charge in [0.25, 0.3) is 0 Å². The fourth-order valence-corrected chi connectivity index (χ4v) is 7.93. The van der Waals surface area contributed by atoms with Gasteiger partial charge in [-0.05, 0) is 100 Å². The Hall–Kier alpha value is -3.36. The zero-order chi connectivity index (χ0) is 27.1. The van der Waals surface area contributed by atoms with Gasteiger partial charge in [0.05, 0.1) is 18.2 Å². The summed E-state index contributed by atoms with van der Waals surface area (Å²) in [6.45, 7) is 0. The van der Waals surface area contributed by atoms with Gasteiger partial charge in [0, 0.05) is 34.9 Å². The third kappa shape index (κ3) is 3.72. The molecule has 1 aromatic carbocycles. The molecule has 0 atom stereocenters. The lowest BCUT2D eigenvalue weighted by molar-refractivity contribution is -0.158. The average molecular weight is 544 g/mol. The predicted molar refractivity (Wildman–Crippen MR) is 144 cm³/mol. The standard InChI is InChI=1S/C31H34FN5O3/c1-39-28-33-16-21(17-34-28)23-20(4-5-22(24(23)32)35-26(38)31-12-18(13-31)14-31)15-29-6-9-30(10-7-29,11-8-29)27-37-36-25(40-27)19-2-3-19/h4-5,16-19H,2-3,6-15H2,1H3,(H,35,38). The van der Waals surface area contributed by atoms with E-state index in [1.807, 2.05) is 6.07 Å². The van der Waals surface area contributed by atoms with E-state index in [1.54, 1.807) is 18.5 Å². The number of aromatic nitrogens is 4. The molecule has 7 saturated carbocycles. The number of rotatable bonds is 8. The number of carbonyl (C=O) groups excluding carboxylic acids is 1. The van der Waals surface area contributed by atoms with E-state index < -0.39 is 5.82 Å². The van der Waals surface area contributed by atoms with E-state index in [0.717, 1.165) is 94.4 Å². The largest absolute Gasteiger partial charge is 0.467 e. The number of halogens is 1. The summed E-state index contributed by atoms with van der Waals surface area (Å²) in [5, 5.41) is 11.8. The second kappa shape index (κ2) is 8.57. The summed E-state index contributed by atoms with van der Waals surface area (Å²) < 4.78 is 27.6. The minimum absolute atomic E-state index is 0.0184. The van der Waals surface area contributed by atoms with Crippen molar-refractivity contribution in [2.45, 2.75) is 88.4 Å². The molecule has 0 radical (unpaired) electrons. The quantitative estimate of drug-likeness (QED) is 0.365. The fraction of sp³-hybridized carbons (Fsp3) is 0.581. The summed E-state index contributed by atoms with van der Waals surface area (Å²) >= 11 is 0. The van der Waals surface area contributed by atoms with E-state index >= 15 is 4.39 Å². The van der Waals surface area contributed by atoms with E-state index in [4.69, 9.17) is 9.15 Å². The van der Waals surface area contributed by atoms with Crippen molar-refractivity contribution in [2.24, 2.45) is 16.7 Å². The van der Waals surface area contributed by atoms with Crippen LogP contribution in [-0.2, 0) is 16.6 Å². The van der Waals surface area contributed by atoms with Gasteiger partial charge in [0.1, 0.15) is 0 Å². The number of hydrogen-bond donors (Lipinski definition) is 1. The number of nitrogens with zero attached hydrogens (tertiary/aromatic N) is 4. The molecule has 9 heteroatoms. The van der Waals surface area contributed by atoms with Crippen LogP contribution in [0, 0.1) is 22.6 Å². The van der Waals surface area contributed by atoms with Crippen LogP contribution in [-0.4, -0.2) is 33.2 Å². The second-order valence-electron chi connectivity index (χ2n) is 13.3. The van der Waals surface area contributed by atoms with Crippen molar-refractivity contribution in [3.63, 3.8) is 0 Å². The van der Waals surface area contributed by atoms with Crippen molar-refractivity contribution in [3.05, 3.63) is 47.7 Å². The molecule has 10 rings (SSSR count). The summed E-state index contributed by atoms with van der Waals surface area (Å²) in [5.74, 6) is 2.31. The number of fused-ring (bicyclic) bond motifs is 3. The Morgan fingerprint density at radius 3 is 2.35 bits per heavy atom. The number of ether oxygens (including phenoxy) is 1. The smallest absolute Gasteiger partial charge is 0.316 e. The van der Waals surface area contributed by atoms with Crippen molar-refractivity contribution in [3.8, 4) is 17.1 Å². The van der Waals surface area contributed by atoms with Crippen LogP contribution >= 0.6 is 0 Å². The highest BCUT2D eigenvalue weighted by molar-refractivity contribution is 5.98. The van der Waals surface area contributed by atoms with Gasteiger partial charge in [-0.15, -0.1) is 10.2 Å². The van der Waals surface area contributed by atoms with Gasteiger partial charge < -0.3 is 14.5 Å². The monoisotopic (exact) mass is 543 g/mol. The SMILES string of the molecule is COc1ncc(-c2c(CC34CCC(c5nnc(C6CC6)o5)(CC3)CC4)ccc(NC(=O)C34CC(C3)C4)c2F)cn1. The van der Waals surface area contributed by atoms with Crippen LogP contribution in [0.1, 0.15) is 93.9 Å². The number of amides is 1. The third-order valence-corrected chi connectivity index (χ3v) is 10.9. The molecule has 1 N–H and O–H groups in total. The van der Waals surface area contributed by atoms with E-state index in [2.05, 4.69) is 25.5 Å². The number of methoxy groups -OCH3 is 1. The van der Waals surface area contributed by atoms with Crippen LogP contribution in [0.15, 0.2) is 28.9 Å². The molecule has 1 amide bonds. The van der Waals surface area contributed by atoms with Gasteiger partial charge in [-0.1, -0.05) is 6.07 Å². The molecule has 3 aromatic rings. The molecule has 8 nitrogen and oxygen atoms in total. The first kappa shape index (κ1) is 24.4. The van der Waals surface area contributed by atoms with Crippen molar-refractivity contribution >= 4 is 11.6 Å². The van der Waals surface area contributed by atoms with Gasteiger partial charge >= 0.3 is 6.01 Å². The van der Waals surface area contributed by atoms with Crippen LogP contribution in [0.2, 0.25) is 0 Å². The van der Waals surface area contributed by atoms with Crippen molar-refractivity contribution in [2.75, 3.05) is 12.4 Å². The van der Waals surface area contributed by atoms with Gasteiger partial charge in [0.15, 0.2) is 5.82 Å². The lowest BCUT2D eigenvalue weighted by atomic mass is 9.44. The number of benzene rings is 1. The van der Waals surface area contributed by atoms with Crippen LogP contribution in [0.3, 0.4) is 0 Å². The highest BCUT2D eigenvalue weighted by atomic mass is 19.1. The summed E-state index contributed by atoms with van der Waals surface area (Å²) in [6, 6.07) is 3.97. The van der Waals surface area contributed by atoms with Gasteiger partial charge in [-0.2, -0.15) is 0 Å². The minimum atomic E-state index is -0.415. The first-order valence-corrected chi connectivity index (χ1v) is 14.7. The van der Waals surface area contributed by atoms with Crippen LogP contribution < -0.4 is 10.1 Å². The molecular formula is C31H34FN5O3.